The molecule has 5 heteroatoms. The number of amides is 1. The minimum Gasteiger partial charge on any atom is -0.481 e. The zero-order valence-corrected chi connectivity index (χ0v) is 13.0. The van der Waals surface area contributed by atoms with E-state index in [4.69, 9.17) is 5.11 Å². The summed E-state index contributed by atoms with van der Waals surface area (Å²) in [6, 6.07) is 11.6. The fraction of sp³-hybridized carbons (Fsp3) is 0.294. The van der Waals surface area contributed by atoms with Crippen molar-refractivity contribution in [3.8, 4) is 5.69 Å². The molecule has 0 aliphatic rings. The van der Waals surface area contributed by atoms with Crippen LogP contribution in [0.5, 0.6) is 0 Å². The number of carbonyl (C=O) groups excluding carboxylic acids is 1. The van der Waals surface area contributed by atoms with Gasteiger partial charge in [-0.25, -0.2) is 0 Å². The first-order chi connectivity index (χ1) is 10.4. The molecule has 1 aromatic heterocycles. The standard InChI is InChI=1S/C17H20N2O3/c1-11(17(21)22)10-18-16(20)15-9-12(2)19(13(15)3)14-7-5-4-6-8-14/h4-9,11H,10H2,1-3H3,(H,18,20)(H,21,22). The van der Waals surface area contributed by atoms with Crippen molar-refractivity contribution in [3.05, 3.63) is 53.3 Å². The van der Waals surface area contributed by atoms with Crippen LogP contribution >= 0.6 is 0 Å². The first-order valence-corrected chi connectivity index (χ1v) is 7.17. The number of carboxylic acid groups (broad SMARTS) is 1. The predicted molar refractivity (Wildman–Crippen MR) is 84.4 cm³/mol. The van der Waals surface area contributed by atoms with Crippen molar-refractivity contribution in [2.24, 2.45) is 5.92 Å². The summed E-state index contributed by atoms with van der Waals surface area (Å²) in [5, 5.41) is 11.5. The van der Waals surface area contributed by atoms with Crippen LogP contribution in [-0.4, -0.2) is 28.1 Å². The summed E-state index contributed by atoms with van der Waals surface area (Å²) in [6.45, 7) is 5.51. The van der Waals surface area contributed by atoms with Gasteiger partial charge in [0.25, 0.3) is 5.91 Å². The normalized spacial score (nSPS) is 12.0. The molecule has 116 valence electrons. The van der Waals surface area contributed by atoms with Gasteiger partial charge in [-0.3, -0.25) is 9.59 Å². The molecule has 0 radical (unpaired) electrons. The number of para-hydroxylation sites is 1. The zero-order chi connectivity index (χ0) is 16.3. The van der Waals surface area contributed by atoms with Gasteiger partial charge in [0.15, 0.2) is 0 Å². The number of aryl methyl sites for hydroxylation is 1. The Hall–Kier alpha value is -2.56. The number of hydrogen-bond acceptors (Lipinski definition) is 2. The minimum absolute atomic E-state index is 0.114. The highest BCUT2D eigenvalue weighted by atomic mass is 16.4. The third kappa shape index (κ3) is 3.19. The van der Waals surface area contributed by atoms with Crippen LogP contribution < -0.4 is 5.32 Å². The monoisotopic (exact) mass is 300 g/mol. The lowest BCUT2D eigenvalue weighted by atomic mass is 10.1. The van der Waals surface area contributed by atoms with Crippen LogP contribution in [0.4, 0.5) is 0 Å². The van der Waals surface area contributed by atoms with Gasteiger partial charge in [0, 0.05) is 23.6 Å². The quantitative estimate of drug-likeness (QED) is 0.891. The second-order valence-electron chi connectivity index (χ2n) is 5.41. The molecular weight excluding hydrogens is 280 g/mol. The van der Waals surface area contributed by atoms with E-state index in [0.29, 0.717) is 5.56 Å². The number of aliphatic carboxylic acids is 1. The second kappa shape index (κ2) is 6.47. The molecule has 1 aromatic carbocycles. The first kappa shape index (κ1) is 15.8. The number of benzene rings is 1. The molecule has 1 unspecified atom stereocenters. The summed E-state index contributed by atoms with van der Waals surface area (Å²) in [6.07, 6.45) is 0. The van der Waals surface area contributed by atoms with Crippen molar-refractivity contribution >= 4 is 11.9 Å². The van der Waals surface area contributed by atoms with Gasteiger partial charge in [-0.15, -0.1) is 0 Å². The van der Waals surface area contributed by atoms with Crippen LogP contribution in [0.15, 0.2) is 36.4 Å². The van der Waals surface area contributed by atoms with E-state index >= 15 is 0 Å². The molecule has 0 fully saturated rings. The van der Waals surface area contributed by atoms with Crippen LogP contribution in [0.3, 0.4) is 0 Å². The Labute approximate surface area is 129 Å². The van der Waals surface area contributed by atoms with Gasteiger partial charge < -0.3 is 15.0 Å². The number of hydrogen-bond donors (Lipinski definition) is 2. The van der Waals surface area contributed by atoms with E-state index in [-0.39, 0.29) is 12.5 Å². The van der Waals surface area contributed by atoms with Gasteiger partial charge in [-0.05, 0) is 32.0 Å². The largest absolute Gasteiger partial charge is 0.481 e. The molecule has 0 saturated carbocycles. The lowest BCUT2D eigenvalue weighted by Crippen LogP contribution is -2.31. The highest BCUT2D eigenvalue weighted by molar-refractivity contribution is 5.96. The van der Waals surface area contributed by atoms with Crippen molar-refractivity contribution in [1.29, 1.82) is 0 Å². The molecule has 0 aliphatic carbocycles. The van der Waals surface area contributed by atoms with E-state index in [0.717, 1.165) is 17.1 Å². The lowest BCUT2D eigenvalue weighted by molar-refractivity contribution is -0.140. The van der Waals surface area contributed by atoms with Gasteiger partial charge in [0.1, 0.15) is 0 Å². The lowest BCUT2D eigenvalue weighted by Gasteiger charge is -2.10. The molecule has 2 N–H and O–H groups in total. The first-order valence-electron chi connectivity index (χ1n) is 7.17. The Morgan fingerprint density at radius 1 is 1.23 bits per heavy atom. The summed E-state index contributed by atoms with van der Waals surface area (Å²) in [4.78, 5) is 23.1. The summed E-state index contributed by atoms with van der Waals surface area (Å²) in [5.74, 6) is -1.78. The van der Waals surface area contributed by atoms with E-state index in [2.05, 4.69) is 5.32 Å². The Balaban J connectivity index is 2.23. The van der Waals surface area contributed by atoms with Gasteiger partial charge in [-0.2, -0.15) is 0 Å². The van der Waals surface area contributed by atoms with E-state index < -0.39 is 11.9 Å². The Morgan fingerprint density at radius 2 is 1.86 bits per heavy atom. The number of aromatic nitrogens is 1. The summed E-state index contributed by atoms with van der Waals surface area (Å²) < 4.78 is 2.01. The number of carbonyl (C=O) groups is 2. The fourth-order valence-electron chi connectivity index (χ4n) is 2.40. The summed E-state index contributed by atoms with van der Waals surface area (Å²) in [5.41, 5.74) is 3.36. The van der Waals surface area contributed by atoms with E-state index in [1.165, 1.54) is 0 Å². The van der Waals surface area contributed by atoms with Crippen molar-refractivity contribution in [2.45, 2.75) is 20.8 Å². The van der Waals surface area contributed by atoms with E-state index in [1.807, 2.05) is 54.8 Å². The van der Waals surface area contributed by atoms with Crippen molar-refractivity contribution in [1.82, 2.24) is 9.88 Å². The molecule has 22 heavy (non-hydrogen) atoms. The van der Waals surface area contributed by atoms with Crippen LogP contribution in [0.2, 0.25) is 0 Å². The average Bonchev–Trinajstić information content (AvgIpc) is 2.80. The second-order valence-corrected chi connectivity index (χ2v) is 5.41. The number of carboxylic acids is 1. The minimum atomic E-state index is -0.921. The molecule has 0 aliphatic heterocycles. The number of nitrogens with one attached hydrogen (secondary N) is 1. The van der Waals surface area contributed by atoms with Gasteiger partial charge >= 0.3 is 5.97 Å². The predicted octanol–water partition coefficient (Wildman–Crippen LogP) is 2.54. The molecular formula is C17H20N2O3. The van der Waals surface area contributed by atoms with Gasteiger partial charge in [0.05, 0.1) is 11.5 Å². The molecule has 0 saturated heterocycles. The summed E-state index contributed by atoms with van der Waals surface area (Å²) >= 11 is 0. The SMILES string of the molecule is Cc1cc(C(=O)NCC(C)C(=O)O)c(C)n1-c1ccccc1. The average molecular weight is 300 g/mol. The third-order valence-corrected chi connectivity index (χ3v) is 3.68. The Bertz CT molecular complexity index is 689. The number of rotatable bonds is 5. The Kier molecular flexibility index (Phi) is 4.65. The molecule has 0 spiro atoms. The van der Waals surface area contributed by atoms with Gasteiger partial charge in [0.2, 0.25) is 0 Å². The number of nitrogens with zero attached hydrogens (tertiary/aromatic N) is 1. The third-order valence-electron chi connectivity index (χ3n) is 3.68. The van der Waals surface area contributed by atoms with Crippen LogP contribution in [0.25, 0.3) is 5.69 Å². The molecule has 1 amide bonds. The van der Waals surface area contributed by atoms with Crippen LogP contribution in [0.1, 0.15) is 28.7 Å². The fourth-order valence-corrected chi connectivity index (χ4v) is 2.40. The molecule has 2 aromatic rings. The maximum absolute atomic E-state index is 12.3. The molecule has 0 bridgehead atoms. The Morgan fingerprint density at radius 3 is 2.45 bits per heavy atom. The van der Waals surface area contributed by atoms with Crippen molar-refractivity contribution in [2.75, 3.05) is 6.54 Å². The van der Waals surface area contributed by atoms with Crippen LogP contribution in [0, 0.1) is 19.8 Å². The van der Waals surface area contributed by atoms with E-state index in [9.17, 15) is 9.59 Å². The molecule has 5 nitrogen and oxygen atoms in total. The maximum Gasteiger partial charge on any atom is 0.308 e. The molecule has 2 rings (SSSR count). The zero-order valence-electron chi connectivity index (χ0n) is 13.0. The van der Waals surface area contributed by atoms with Crippen molar-refractivity contribution < 1.29 is 14.7 Å². The smallest absolute Gasteiger partial charge is 0.308 e. The van der Waals surface area contributed by atoms with Gasteiger partial charge in [-0.1, -0.05) is 25.1 Å². The van der Waals surface area contributed by atoms with Crippen LogP contribution in [-0.2, 0) is 4.79 Å². The topological polar surface area (TPSA) is 71.3 Å². The molecule has 1 atom stereocenters. The maximum atomic E-state index is 12.3. The highest BCUT2D eigenvalue weighted by Crippen LogP contribution is 2.20. The summed E-state index contributed by atoms with van der Waals surface area (Å²) in [7, 11) is 0. The van der Waals surface area contributed by atoms with E-state index in [1.54, 1.807) is 6.92 Å². The van der Waals surface area contributed by atoms with Crippen molar-refractivity contribution in [3.63, 3.8) is 0 Å². The highest BCUT2D eigenvalue weighted by Gasteiger charge is 2.18. The molecule has 1 heterocycles.